The fourth-order valence-corrected chi connectivity index (χ4v) is 1.69. The predicted octanol–water partition coefficient (Wildman–Crippen LogP) is 1.49. The summed E-state index contributed by atoms with van der Waals surface area (Å²) in [5, 5.41) is 6.43. The molecular formula is C9H18N2O3S2. The first-order valence-corrected chi connectivity index (χ1v) is 7.48. The van der Waals surface area contributed by atoms with Crippen LogP contribution < -0.4 is 5.32 Å². The van der Waals surface area contributed by atoms with Crippen LogP contribution in [0.25, 0.3) is 0 Å². The summed E-state index contributed by atoms with van der Waals surface area (Å²) in [6, 6.07) is 0. The van der Waals surface area contributed by atoms with Crippen molar-refractivity contribution in [3.63, 3.8) is 0 Å². The van der Waals surface area contributed by atoms with Crippen LogP contribution in [-0.4, -0.2) is 31.3 Å². The van der Waals surface area contributed by atoms with E-state index in [0.29, 0.717) is 12.2 Å². The number of rotatable bonds is 3. The highest BCUT2D eigenvalue weighted by Gasteiger charge is 2.03. The zero-order valence-corrected chi connectivity index (χ0v) is 11.5. The number of hydrogen-bond donors (Lipinski definition) is 2. The largest absolute Gasteiger partial charge is 0.314 e. The third-order valence-corrected chi connectivity index (χ3v) is 2.62. The van der Waals surface area contributed by atoms with E-state index in [9.17, 15) is 8.42 Å². The molecule has 0 aliphatic carbocycles. The molecule has 0 aliphatic heterocycles. The molecule has 0 aromatic carbocycles. The Balaban J connectivity index is 0.000000385. The molecular weight excluding hydrogens is 248 g/mol. The minimum absolute atomic E-state index is 0.561. The Hall–Kier alpha value is -0.500. The van der Waals surface area contributed by atoms with E-state index in [1.807, 2.05) is 7.05 Å². The second kappa shape index (κ2) is 6.95. The molecule has 1 aromatic heterocycles. The average Bonchev–Trinajstić information content (AvgIpc) is 2.50. The van der Waals surface area contributed by atoms with Crippen molar-refractivity contribution >= 4 is 21.5 Å². The summed E-state index contributed by atoms with van der Waals surface area (Å²) in [7, 11) is -1.73. The fraction of sp³-hybridized carbons (Fsp3) is 0.667. The van der Waals surface area contributed by atoms with Gasteiger partial charge in [0.15, 0.2) is 0 Å². The molecule has 0 saturated carbocycles. The Labute approximate surface area is 101 Å². The molecule has 0 saturated heterocycles. The van der Waals surface area contributed by atoms with Crippen LogP contribution in [0.4, 0.5) is 0 Å². The van der Waals surface area contributed by atoms with Gasteiger partial charge < -0.3 is 5.32 Å². The highest BCUT2D eigenvalue weighted by Crippen LogP contribution is 2.18. The molecule has 94 valence electrons. The average molecular weight is 266 g/mol. The van der Waals surface area contributed by atoms with Crippen LogP contribution in [0.5, 0.6) is 0 Å². The Bertz CT molecular complexity index is 391. The van der Waals surface area contributed by atoms with E-state index in [4.69, 9.17) is 4.55 Å². The summed E-state index contributed by atoms with van der Waals surface area (Å²) in [5.41, 5.74) is 1.15. The highest BCUT2D eigenvalue weighted by atomic mass is 32.2. The van der Waals surface area contributed by atoms with Gasteiger partial charge >= 0.3 is 0 Å². The SMILES string of the molecule is CNCc1csc(C(C)C)n1.CS(=O)(=O)O. The smallest absolute Gasteiger partial charge is 0.261 e. The van der Waals surface area contributed by atoms with Crippen molar-refractivity contribution in [1.82, 2.24) is 10.3 Å². The van der Waals surface area contributed by atoms with E-state index in [2.05, 4.69) is 29.5 Å². The lowest BCUT2D eigenvalue weighted by atomic mass is 10.2. The van der Waals surface area contributed by atoms with E-state index < -0.39 is 10.1 Å². The molecule has 0 fully saturated rings. The van der Waals surface area contributed by atoms with E-state index in [1.165, 1.54) is 5.01 Å². The van der Waals surface area contributed by atoms with Crippen molar-refractivity contribution in [3.8, 4) is 0 Å². The Kier molecular flexibility index (Phi) is 6.73. The number of thiazole rings is 1. The molecule has 0 aliphatic rings. The molecule has 1 rings (SSSR count). The van der Waals surface area contributed by atoms with Crippen molar-refractivity contribution in [3.05, 3.63) is 16.1 Å². The molecule has 0 bridgehead atoms. The van der Waals surface area contributed by atoms with Gasteiger partial charge in [0.2, 0.25) is 0 Å². The van der Waals surface area contributed by atoms with Gasteiger partial charge in [-0.25, -0.2) is 4.98 Å². The normalized spacial score (nSPS) is 11.1. The number of hydrogen-bond acceptors (Lipinski definition) is 5. The molecule has 0 spiro atoms. The van der Waals surface area contributed by atoms with Crippen LogP contribution in [0.3, 0.4) is 0 Å². The van der Waals surface area contributed by atoms with Gasteiger partial charge in [0.25, 0.3) is 10.1 Å². The standard InChI is InChI=1S/C8H14N2S.CH4O3S/c1-6(2)8-10-7(4-9-3)5-11-8;1-5(2,3)4/h5-6,9H,4H2,1-3H3;1H3,(H,2,3,4). The van der Waals surface area contributed by atoms with Gasteiger partial charge in [-0.05, 0) is 7.05 Å². The van der Waals surface area contributed by atoms with Crippen LogP contribution in [0.2, 0.25) is 0 Å². The maximum atomic E-state index is 9.19. The Morgan fingerprint density at radius 2 is 2.06 bits per heavy atom. The van der Waals surface area contributed by atoms with E-state index in [-0.39, 0.29) is 0 Å². The van der Waals surface area contributed by atoms with Gasteiger partial charge in [-0.1, -0.05) is 13.8 Å². The molecule has 0 atom stereocenters. The Morgan fingerprint density at radius 3 is 2.38 bits per heavy atom. The van der Waals surface area contributed by atoms with Crippen LogP contribution in [-0.2, 0) is 16.7 Å². The topological polar surface area (TPSA) is 79.3 Å². The molecule has 7 heteroatoms. The van der Waals surface area contributed by atoms with E-state index >= 15 is 0 Å². The van der Waals surface area contributed by atoms with Gasteiger partial charge in [-0.15, -0.1) is 11.3 Å². The summed E-state index contributed by atoms with van der Waals surface area (Å²) >= 11 is 1.75. The van der Waals surface area contributed by atoms with E-state index in [0.717, 1.165) is 12.2 Å². The van der Waals surface area contributed by atoms with Crippen molar-refractivity contribution in [1.29, 1.82) is 0 Å². The molecule has 1 aromatic rings. The molecule has 0 unspecified atom stereocenters. The molecule has 16 heavy (non-hydrogen) atoms. The lowest BCUT2D eigenvalue weighted by Gasteiger charge is -1.96. The number of aromatic nitrogens is 1. The van der Waals surface area contributed by atoms with Gasteiger partial charge in [0.1, 0.15) is 0 Å². The summed E-state index contributed by atoms with van der Waals surface area (Å²) in [5.74, 6) is 0.561. The predicted molar refractivity (Wildman–Crippen MR) is 66.4 cm³/mol. The third kappa shape index (κ3) is 8.78. The van der Waals surface area contributed by atoms with Gasteiger partial charge in [0.05, 0.1) is 17.0 Å². The zero-order chi connectivity index (χ0) is 12.8. The minimum Gasteiger partial charge on any atom is -0.314 e. The summed E-state index contributed by atoms with van der Waals surface area (Å²) < 4.78 is 25.9. The van der Waals surface area contributed by atoms with Crippen molar-refractivity contribution in [2.75, 3.05) is 13.3 Å². The minimum atomic E-state index is -3.67. The number of nitrogens with one attached hydrogen (secondary N) is 1. The van der Waals surface area contributed by atoms with Crippen molar-refractivity contribution in [2.45, 2.75) is 26.3 Å². The first kappa shape index (κ1) is 15.5. The Morgan fingerprint density at radius 1 is 1.56 bits per heavy atom. The molecule has 5 nitrogen and oxygen atoms in total. The maximum Gasteiger partial charge on any atom is 0.261 e. The monoisotopic (exact) mass is 266 g/mol. The van der Waals surface area contributed by atoms with Gasteiger partial charge in [-0.3, -0.25) is 4.55 Å². The number of nitrogens with zero attached hydrogens (tertiary/aromatic N) is 1. The molecule has 0 radical (unpaired) electrons. The molecule has 0 amide bonds. The zero-order valence-electron chi connectivity index (χ0n) is 9.89. The molecule has 2 N–H and O–H groups in total. The third-order valence-electron chi connectivity index (χ3n) is 1.42. The summed E-state index contributed by atoms with van der Waals surface area (Å²) in [6.07, 6.45) is 0.715. The van der Waals surface area contributed by atoms with Crippen molar-refractivity contribution in [2.24, 2.45) is 0 Å². The van der Waals surface area contributed by atoms with Crippen LogP contribution >= 0.6 is 11.3 Å². The summed E-state index contributed by atoms with van der Waals surface area (Å²) in [4.78, 5) is 4.46. The lowest BCUT2D eigenvalue weighted by molar-refractivity contribution is 0.490. The maximum absolute atomic E-state index is 9.19. The van der Waals surface area contributed by atoms with Crippen LogP contribution in [0.1, 0.15) is 30.5 Å². The first-order chi connectivity index (χ1) is 7.24. The van der Waals surface area contributed by atoms with Crippen LogP contribution in [0, 0.1) is 0 Å². The van der Waals surface area contributed by atoms with Crippen LogP contribution in [0.15, 0.2) is 5.38 Å². The lowest BCUT2D eigenvalue weighted by Crippen LogP contribution is -2.05. The first-order valence-electron chi connectivity index (χ1n) is 4.75. The van der Waals surface area contributed by atoms with Gasteiger partial charge in [0, 0.05) is 17.8 Å². The molecule has 1 heterocycles. The van der Waals surface area contributed by atoms with Gasteiger partial charge in [-0.2, -0.15) is 8.42 Å². The quantitative estimate of drug-likeness (QED) is 0.810. The van der Waals surface area contributed by atoms with Crippen molar-refractivity contribution < 1.29 is 13.0 Å². The fourth-order valence-electron chi connectivity index (χ4n) is 0.850. The van der Waals surface area contributed by atoms with E-state index in [1.54, 1.807) is 11.3 Å². The second-order valence-electron chi connectivity index (χ2n) is 3.60. The summed E-state index contributed by atoms with van der Waals surface area (Å²) in [6.45, 7) is 5.22. The second-order valence-corrected chi connectivity index (χ2v) is 5.95. The highest BCUT2D eigenvalue weighted by molar-refractivity contribution is 7.85.